The lowest BCUT2D eigenvalue weighted by Crippen LogP contribution is -2.47. The lowest BCUT2D eigenvalue weighted by atomic mass is 10.1. The summed E-state index contributed by atoms with van der Waals surface area (Å²) in [6.07, 6.45) is 0. The molecule has 1 fully saturated rings. The maximum atomic E-state index is 13.1. The zero-order valence-corrected chi connectivity index (χ0v) is 19.6. The summed E-state index contributed by atoms with van der Waals surface area (Å²) < 4.78 is 1.99. The third kappa shape index (κ3) is 4.55. The number of aromatic nitrogens is 2. The Bertz CT molecular complexity index is 1330. The summed E-state index contributed by atoms with van der Waals surface area (Å²) in [7, 11) is 2.07. The van der Waals surface area contributed by atoms with Gasteiger partial charge in [0.25, 0.3) is 5.91 Å². The van der Waals surface area contributed by atoms with Crippen molar-refractivity contribution in [3.05, 3.63) is 82.3 Å². The second-order valence-corrected chi connectivity index (χ2v) is 9.06. The predicted octanol–water partition coefficient (Wildman–Crippen LogP) is 5.46. The van der Waals surface area contributed by atoms with Crippen molar-refractivity contribution in [2.75, 3.05) is 38.5 Å². The number of imidazole rings is 1. The van der Waals surface area contributed by atoms with Gasteiger partial charge >= 0.3 is 0 Å². The van der Waals surface area contributed by atoms with Crippen LogP contribution >= 0.6 is 23.2 Å². The summed E-state index contributed by atoms with van der Waals surface area (Å²) in [5, 5.41) is 4.62. The fourth-order valence-electron chi connectivity index (χ4n) is 4.06. The molecule has 0 spiro atoms. The third-order valence-corrected chi connectivity index (χ3v) is 6.31. The topological polar surface area (TPSA) is 53.4 Å². The minimum absolute atomic E-state index is 0.0339. The van der Waals surface area contributed by atoms with Crippen LogP contribution in [0.4, 0.5) is 11.6 Å². The third-order valence-electron chi connectivity index (χ3n) is 5.84. The van der Waals surface area contributed by atoms with Gasteiger partial charge in [0, 0.05) is 47.5 Å². The van der Waals surface area contributed by atoms with E-state index in [-0.39, 0.29) is 5.91 Å². The van der Waals surface area contributed by atoms with Crippen LogP contribution in [0.1, 0.15) is 10.4 Å². The molecule has 0 saturated carbocycles. The number of halogens is 2. The molecule has 0 unspecified atom stereocenters. The van der Waals surface area contributed by atoms with Crippen molar-refractivity contribution >= 4 is 51.8 Å². The number of carbonyl (C=O) groups excluding carboxylic acids is 1. The number of hydrogen-bond acceptors (Lipinski definition) is 4. The summed E-state index contributed by atoms with van der Waals surface area (Å²) in [6.45, 7) is 3.22. The van der Waals surface area contributed by atoms with E-state index in [0.29, 0.717) is 21.6 Å². The molecule has 4 aromatic rings. The van der Waals surface area contributed by atoms with Crippen LogP contribution in [0.2, 0.25) is 10.0 Å². The molecule has 6 nitrogen and oxygen atoms in total. The lowest BCUT2D eigenvalue weighted by Gasteiger charge is -2.32. The molecule has 1 aromatic heterocycles. The number of nitrogens with zero attached hydrogens (tertiary/aromatic N) is 4. The average Bonchev–Trinajstić information content (AvgIpc) is 3.16. The van der Waals surface area contributed by atoms with Crippen LogP contribution in [0.25, 0.3) is 16.7 Å². The van der Waals surface area contributed by atoms with Crippen LogP contribution in [0, 0.1) is 0 Å². The highest BCUT2D eigenvalue weighted by Crippen LogP contribution is 2.30. The number of rotatable bonds is 4. The van der Waals surface area contributed by atoms with Gasteiger partial charge in [-0.3, -0.25) is 9.36 Å². The van der Waals surface area contributed by atoms with Crippen molar-refractivity contribution in [3.8, 4) is 5.69 Å². The van der Waals surface area contributed by atoms with E-state index in [1.165, 1.54) is 0 Å². The number of piperazine rings is 1. The number of hydrogen-bond donors (Lipinski definition) is 1. The van der Waals surface area contributed by atoms with Crippen molar-refractivity contribution in [1.29, 1.82) is 0 Å². The van der Waals surface area contributed by atoms with Gasteiger partial charge in [-0.2, -0.15) is 0 Å². The van der Waals surface area contributed by atoms with E-state index in [9.17, 15) is 4.79 Å². The Balaban J connectivity index is 1.57. The molecular weight excluding hydrogens is 457 g/mol. The maximum Gasteiger partial charge on any atom is 0.254 e. The number of anilines is 2. The van der Waals surface area contributed by atoms with Gasteiger partial charge in [0.15, 0.2) is 0 Å². The van der Waals surface area contributed by atoms with Gasteiger partial charge in [-0.05, 0) is 61.6 Å². The van der Waals surface area contributed by atoms with E-state index in [2.05, 4.69) is 17.3 Å². The molecule has 168 valence electrons. The van der Waals surface area contributed by atoms with Crippen molar-refractivity contribution in [3.63, 3.8) is 0 Å². The molecule has 0 atom stereocenters. The first kappa shape index (κ1) is 21.8. The molecule has 0 radical (unpaired) electrons. The molecular formula is C25H23Cl2N5O. The van der Waals surface area contributed by atoms with Crippen molar-refractivity contribution in [1.82, 2.24) is 19.4 Å². The van der Waals surface area contributed by atoms with Crippen LogP contribution in [0.15, 0.2) is 66.7 Å². The van der Waals surface area contributed by atoms with Gasteiger partial charge in [-0.25, -0.2) is 4.98 Å². The molecule has 0 bridgehead atoms. The van der Waals surface area contributed by atoms with E-state index in [0.717, 1.165) is 48.6 Å². The number of nitrogens with one attached hydrogen (secondary N) is 1. The number of likely N-dealkylation sites (N-methyl/N-ethyl adjacent to an activating group) is 1. The van der Waals surface area contributed by atoms with Gasteiger partial charge in [-0.1, -0.05) is 35.3 Å². The van der Waals surface area contributed by atoms with Gasteiger partial charge < -0.3 is 15.1 Å². The fourth-order valence-corrected chi connectivity index (χ4v) is 4.44. The zero-order valence-electron chi connectivity index (χ0n) is 18.1. The predicted molar refractivity (Wildman–Crippen MR) is 134 cm³/mol. The monoisotopic (exact) mass is 479 g/mol. The molecule has 1 aliphatic heterocycles. The number of carbonyl (C=O) groups is 1. The Hall–Kier alpha value is -3.06. The van der Waals surface area contributed by atoms with E-state index >= 15 is 0 Å². The number of benzene rings is 3. The Morgan fingerprint density at radius 3 is 2.36 bits per heavy atom. The van der Waals surface area contributed by atoms with Crippen LogP contribution in [-0.4, -0.2) is 58.5 Å². The number of amides is 1. The highest BCUT2D eigenvalue weighted by molar-refractivity contribution is 6.31. The molecule has 2 heterocycles. The Labute approximate surface area is 202 Å². The quantitative estimate of drug-likeness (QED) is 0.421. The van der Waals surface area contributed by atoms with Crippen LogP contribution in [0.3, 0.4) is 0 Å². The second kappa shape index (κ2) is 9.06. The molecule has 1 N–H and O–H groups in total. The lowest BCUT2D eigenvalue weighted by molar-refractivity contribution is 0.0664. The molecule has 1 aliphatic rings. The van der Waals surface area contributed by atoms with Gasteiger partial charge in [0.2, 0.25) is 5.95 Å². The summed E-state index contributed by atoms with van der Waals surface area (Å²) in [4.78, 5) is 22.1. The standard InChI is InChI=1S/C25H23Cl2N5O/c1-30-10-12-31(13-11-30)24(33)17-8-9-23-22(14-17)29-25(28-20-6-2-4-18(26)15-20)32(23)21-7-3-5-19(27)16-21/h2-9,14-16H,10-13H2,1H3,(H,28,29). The van der Waals surface area contributed by atoms with Gasteiger partial charge in [0.05, 0.1) is 16.7 Å². The molecule has 1 saturated heterocycles. The SMILES string of the molecule is CN1CCN(C(=O)c2ccc3c(c2)nc(Nc2cccc(Cl)c2)n3-c2cccc(Cl)c2)CC1. The molecule has 1 amide bonds. The first-order valence-corrected chi connectivity index (χ1v) is 11.5. The zero-order chi connectivity index (χ0) is 22.9. The first-order chi connectivity index (χ1) is 16.0. The molecule has 5 rings (SSSR count). The highest BCUT2D eigenvalue weighted by atomic mass is 35.5. The van der Waals surface area contributed by atoms with Crippen molar-refractivity contribution < 1.29 is 4.79 Å². The summed E-state index contributed by atoms with van der Waals surface area (Å²) in [5.74, 6) is 0.644. The largest absolute Gasteiger partial charge is 0.336 e. The Kier molecular flexibility index (Phi) is 5.98. The van der Waals surface area contributed by atoms with Crippen molar-refractivity contribution in [2.45, 2.75) is 0 Å². The highest BCUT2D eigenvalue weighted by Gasteiger charge is 2.22. The maximum absolute atomic E-state index is 13.1. The minimum Gasteiger partial charge on any atom is -0.336 e. The summed E-state index contributed by atoms with van der Waals surface area (Å²) in [5.41, 5.74) is 3.91. The van der Waals surface area contributed by atoms with Crippen LogP contribution in [0.5, 0.6) is 0 Å². The van der Waals surface area contributed by atoms with E-state index < -0.39 is 0 Å². The van der Waals surface area contributed by atoms with Gasteiger partial charge in [-0.15, -0.1) is 0 Å². The summed E-state index contributed by atoms with van der Waals surface area (Å²) in [6, 6.07) is 20.7. The van der Waals surface area contributed by atoms with Crippen LogP contribution in [-0.2, 0) is 0 Å². The summed E-state index contributed by atoms with van der Waals surface area (Å²) >= 11 is 12.5. The Morgan fingerprint density at radius 1 is 0.909 bits per heavy atom. The fraction of sp³-hybridized carbons (Fsp3) is 0.200. The second-order valence-electron chi connectivity index (χ2n) is 8.19. The van der Waals surface area contributed by atoms with E-state index in [4.69, 9.17) is 28.2 Å². The van der Waals surface area contributed by atoms with Crippen molar-refractivity contribution in [2.24, 2.45) is 0 Å². The minimum atomic E-state index is 0.0339. The molecule has 0 aliphatic carbocycles. The van der Waals surface area contributed by atoms with Gasteiger partial charge in [0.1, 0.15) is 0 Å². The molecule has 33 heavy (non-hydrogen) atoms. The molecule has 3 aromatic carbocycles. The van der Waals surface area contributed by atoms with Crippen LogP contribution < -0.4 is 5.32 Å². The Morgan fingerprint density at radius 2 is 1.64 bits per heavy atom. The van der Waals surface area contributed by atoms with E-state index in [1.807, 2.05) is 76.2 Å². The molecule has 8 heteroatoms. The first-order valence-electron chi connectivity index (χ1n) is 10.8. The van der Waals surface area contributed by atoms with E-state index in [1.54, 1.807) is 0 Å². The smallest absolute Gasteiger partial charge is 0.254 e. The normalized spacial score (nSPS) is 14.6. The average molecular weight is 480 g/mol. The number of fused-ring (bicyclic) bond motifs is 1.